The first kappa shape index (κ1) is 23.1. The molecule has 3 aromatic rings. The number of aromatic nitrogens is 1. The zero-order valence-corrected chi connectivity index (χ0v) is 18.3. The number of hydrogen-bond donors (Lipinski definition) is 1. The molecule has 9 heteroatoms. The molecular weight excluding hydrogens is 451 g/mol. The fourth-order valence-corrected chi connectivity index (χ4v) is 4.19. The Bertz CT molecular complexity index is 1090. The first-order valence-corrected chi connectivity index (χ1v) is 10.5. The molecule has 0 fully saturated rings. The molecule has 4 nitrogen and oxygen atoms in total. The minimum atomic E-state index is -4.61. The second kappa shape index (κ2) is 9.28. The number of ether oxygens (including phenoxy) is 1. The van der Waals surface area contributed by atoms with Crippen LogP contribution >= 0.6 is 23.1 Å². The van der Waals surface area contributed by atoms with Crippen LogP contribution in [-0.4, -0.2) is 15.4 Å². The number of rotatable bonds is 7. The predicted molar refractivity (Wildman–Crippen MR) is 114 cm³/mol. The fraction of sp³-hybridized carbons (Fsp3) is 0.273. The minimum Gasteiger partial charge on any atom is -0.488 e. The van der Waals surface area contributed by atoms with E-state index in [2.05, 4.69) is 4.37 Å². The van der Waals surface area contributed by atoms with Crippen molar-refractivity contribution in [3.8, 4) is 16.2 Å². The first-order chi connectivity index (χ1) is 14.6. The summed E-state index contributed by atoms with van der Waals surface area (Å²) in [7, 11) is 0. The standard InChI is InChI=1S/C22H19ClF3NO3S/c1-12-13(2)18(9-5-14(12)6-10-19(28)29)30-11-17-20(15-3-7-16(23)8-4-15)31-27-21(17)22(24,25)26/h3-5,7-9H,6,10-11H2,1-2H3,(H,28,29). The molecule has 0 radical (unpaired) electrons. The maximum absolute atomic E-state index is 13.5. The third-order valence-electron chi connectivity index (χ3n) is 4.99. The van der Waals surface area contributed by atoms with Gasteiger partial charge in [-0.25, -0.2) is 0 Å². The van der Waals surface area contributed by atoms with E-state index in [1.54, 1.807) is 43.3 Å². The molecule has 2 aromatic carbocycles. The van der Waals surface area contributed by atoms with Crippen LogP contribution in [-0.2, 0) is 24.0 Å². The number of hydrogen-bond acceptors (Lipinski definition) is 4. The second-order valence-corrected chi connectivity index (χ2v) is 8.21. The molecule has 31 heavy (non-hydrogen) atoms. The maximum atomic E-state index is 13.5. The van der Waals surface area contributed by atoms with Gasteiger partial charge in [0.25, 0.3) is 0 Å². The summed E-state index contributed by atoms with van der Waals surface area (Å²) in [6.07, 6.45) is -4.23. The van der Waals surface area contributed by atoms with E-state index >= 15 is 0 Å². The zero-order chi connectivity index (χ0) is 22.8. The molecule has 0 aliphatic rings. The zero-order valence-electron chi connectivity index (χ0n) is 16.7. The van der Waals surface area contributed by atoms with Crippen molar-refractivity contribution < 1.29 is 27.8 Å². The van der Waals surface area contributed by atoms with E-state index in [-0.39, 0.29) is 18.6 Å². The lowest BCUT2D eigenvalue weighted by Gasteiger charge is -2.15. The molecule has 164 valence electrons. The van der Waals surface area contributed by atoms with Crippen molar-refractivity contribution in [1.29, 1.82) is 0 Å². The van der Waals surface area contributed by atoms with Crippen LogP contribution in [0.15, 0.2) is 36.4 Å². The summed E-state index contributed by atoms with van der Waals surface area (Å²) in [4.78, 5) is 11.2. The van der Waals surface area contributed by atoms with Gasteiger partial charge in [0.15, 0.2) is 5.69 Å². The SMILES string of the molecule is Cc1c(CCC(=O)O)ccc(OCc2c(C(F)(F)F)nsc2-c2ccc(Cl)cc2)c1C. The quantitative estimate of drug-likeness (QED) is 0.418. The summed E-state index contributed by atoms with van der Waals surface area (Å²) in [5.41, 5.74) is 2.06. The van der Waals surface area contributed by atoms with Crippen molar-refractivity contribution in [2.75, 3.05) is 0 Å². The van der Waals surface area contributed by atoms with Gasteiger partial charge in [0.1, 0.15) is 12.4 Å². The molecule has 0 spiro atoms. The molecule has 0 bridgehead atoms. The van der Waals surface area contributed by atoms with Gasteiger partial charge < -0.3 is 9.84 Å². The van der Waals surface area contributed by atoms with Crippen LogP contribution in [0, 0.1) is 13.8 Å². The van der Waals surface area contributed by atoms with Gasteiger partial charge in [-0.15, -0.1) is 0 Å². The van der Waals surface area contributed by atoms with E-state index in [9.17, 15) is 18.0 Å². The van der Waals surface area contributed by atoms with Gasteiger partial charge in [0, 0.05) is 17.0 Å². The first-order valence-electron chi connectivity index (χ1n) is 9.33. The van der Waals surface area contributed by atoms with E-state index in [0.717, 1.165) is 28.2 Å². The lowest BCUT2D eigenvalue weighted by molar-refractivity contribution is -0.141. The Balaban J connectivity index is 1.90. The summed E-state index contributed by atoms with van der Waals surface area (Å²) < 4.78 is 50.0. The maximum Gasteiger partial charge on any atom is 0.434 e. The van der Waals surface area contributed by atoms with Crippen LogP contribution in [0.1, 0.15) is 34.4 Å². The van der Waals surface area contributed by atoms with Gasteiger partial charge in [-0.1, -0.05) is 29.8 Å². The topological polar surface area (TPSA) is 59.4 Å². The molecular formula is C22H19ClF3NO3S. The number of benzene rings is 2. The lowest BCUT2D eigenvalue weighted by atomic mass is 9.99. The molecule has 0 aliphatic carbocycles. The van der Waals surface area contributed by atoms with Crippen molar-refractivity contribution in [2.45, 2.75) is 39.5 Å². The Labute approximate surface area is 186 Å². The van der Waals surface area contributed by atoms with Crippen molar-refractivity contribution in [3.63, 3.8) is 0 Å². The van der Waals surface area contributed by atoms with Gasteiger partial charge in [-0.2, -0.15) is 17.5 Å². The Morgan fingerprint density at radius 2 is 1.81 bits per heavy atom. The number of aryl methyl sites for hydroxylation is 1. The molecule has 0 unspecified atom stereocenters. The number of aliphatic carboxylic acids is 1. The number of halogens is 4. The summed E-state index contributed by atoms with van der Waals surface area (Å²) in [6.45, 7) is 3.33. The lowest BCUT2D eigenvalue weighted by Crippen LogP contribution is -2.11. The predicted octanol–water partition coefficient (Wildman–Crippen LogP) is 6.70. The van der Waals surface area contributed by atoms with Gasteiger partial charge in [0.05, 0.1) is 4.88 Å². The molecule has 3 rings (SSSR count). The van der Waals surface area contributed by atoms with Gasteiger partial charge >= 0.3 is 12.1 Å². The molecule has 0 atom stereocenters. The van der Waals surface area contributed by atoms with E-state index in [1.807, 2.05) is 6.92 Å². The largest absolute Gasteiger partial charge is 0.488 e. The smallest absolute Gasteiger partial charge is 0.434 e. The highest BCUT2D eigenvalue weighted by atomic mass is 35.5. The summed E-state index contributed by atoms with van der Waals surface area (Å²) in [5, 5.41) is 9.36. The highest BCUT2D eigenvalue weighted by Gasteiger charge is 2.38. The summed E-state index contributed by atoms with van der Waals surface area (Å²) in [6, 6.07) is 9.92. The van der Waals surface area contributed by atoms with Crippen LogP contribution in [0.25, 0.3) is 10.4 Å². The van der Waals surface area contributed by atoms with Crippen molar-refractivity contribution in [1.82, 2.24) is 4.37 Å². The normalized spacial score (nSPS) is 11.5. The number of alkyl halides is 3. The Kier molecular flexibility index (Phi) is 6.91. The van der Waals surface area contributed by atoms with E-state index in [4.69, 9.17) is 21.4 Å². The van der Waals surface area contributed by atoms with Crippen LogP contribution in [0.3, 0.4) is 0 Å². The summed E-state index contributed by atoms with van der Waals surface area (Å²) >= 11 is 6.66. The molecule has 0 aliphatic heterocycles. The van der Waals surface area contributed by atoms with Crippen LogP contribution in [0.4, 0.5) is 13.2 Å². The number of carbonyl (C=O) groups is 1. The Morgan fingerprint density at radius 3 is 2.42 bits per heavy atom. The Hall–Kier alpha value is -2.58. The third-order valence-corrected chi connectivity index (χ3v) is 6.18. The number of carboxylic acid groups (broad SMARTS) is 1. The second-order valence-electron chi connectivity index (χ2n) is 7.00. The Morgan fingerprint density at radius 1 is 1.13 bits per heavy atom. The average molecular weight is 470 g/mol. The summed E-state index contributed by atoms with van der Waals surface area (Å²) in [5.74, 6) is -0.449. The van der Waals surface area contributed by atoms with E-state index in [1.165, 1.54) is 0 Å². The van der Waals surface area contributed by atoms with Crippen molar-refractivity contribution in [2.24, 2.45) is 0 Å². The minimum absolute atomic E-state index is 0.000448. The molecule has 0 amide bonds. The van der Waals surface area contributed by atoms with Gasteiger partial charge in [0.2, 0.25) is 0 Å². The third kappa shape index (κ3) is 5.37. The van der Waals surface area contributed by atoms with Gasteiger partial charge in [-0.3, -0.25) is 4.79 Å². The molecule has 0 saturated carbocycles. The number of carboxylic acids is 1. The highest BCUT2D eigenvalue weighted by molar-refractivity contribution is 7.09. The molecule has 1 heterocycles. The molecule has 1 aromatic heterocycles. The fourth-order valence-electron chi connectivity index (χ4n) is 3.16. The van der Waals surface area contributed by atoms with Crippen LogP contribution < -0.4 is 4.74 Å². The van der Waals surface area contributed by atoms with Crippen molar-refractivity contribution >= 4 is 29.1 Å². The average Bonchev–Trinajstić information content (AvgIpc) is 3.13. The van der Waals surface area contributed by atoms with Gasteiger partial charge in [-0.05, 0) is 72.3 Å². The monoisotopic (exact) mass is 469 g/mol. The van der Waals surface area contributed by atoms with Crippen LogP contribution in [0.2, 0.25) is 5.02 Å². The van der Waals surface area contributed by atoms with Crippen molar-refractivity contribution in [3.05, 3.63) is 69.4 Å². The number of nitrogens with zero attached hydrogens (tertiary/aromatic N) is 1. The van der Waals surface area contributed by atoms with Crippen LogP contribution in [0.5, 0.6) is 5.75 Å². The van der Waals surface area contributed by atoms with E-state index < -0.39 is 17.8 Å². The highest BCUT2D eigenvalue weighted by Crippen LogP contribution is 2.40. The molecule has 1 N–H and O–H groups in total. The molecule has 0 saturated heterocycles. The van der Waals surface area contributed by atoms with E-state index in [0.29, 0.717) is 27.6 Å².